The number of benzene rings is 1. The molecular formula is C13H17NO. The lowest BCUT2D eigenvalue weighted by Gasteiger charge is -2.12. The number of aliphatic hydroxyl groups excluding tert-OH is 1. The Morgan fingerprint density at radius 2 is 2.07 bits per heavy atom. The Morgan fingerprint density at radius 3 is 2.73 bits per heavy atom. The van der Waals surface area contributed by atoms with E-state index in [4.69, 9.17) is 0 Å². The van der Waals surface area contributed by atoms with Crippen LogP contribution < -0.4 is 0 Å². The highest BCUT2D eigenvalue weighted by Gasteiger charge is 2.10. The van der Waals surface area contributed by atoms with E-state index in [0.29, 0.717) is 6.04 Å². The van der Waals surface area contributed by atoms with E-state index in [1.807, 2.05) is 12.1 Å². The van der Waals surface area contributed by atoms with Crippen molar-refractivity contribution >= 4 is 10.9 Å². The zero-order valence-corrected chi connectivity index (χ0v) is 9.27. The first-order valence-electron chi connectivity index (χ1n) is 5.47. The second-order valence-corrected chi connectivity index (χ2v) is 3.99. The normalized spacial score (nSPS) is 13.3. The van der Waals surface area contributed by atoms with Crippen molar-refractivity contribution in [1.82, 2.24) is 4.57 Å². The van der Waals surface area contributed by atoms with Crippen LogP contribution in [-0.4, -0.2) is 9.67 Å². The van der Waals surface area contributed by atoms with Gasteiger partial charge in [0.15, 0.2) is 0 Å². The Morgan fingerprint density at radius 1 is 1.33 bits per heavy atom. The average molecular weight is 203 g/mol. The maximum Gasteiger partial charge on any atom is 0.0702 e. The van der Waals surface area contributed by atoms with Gasteiger partial charge in [0.05, 0.1) is 6.61 Å². The number of aliphatic hydroxyl groups is 1. The van der Waals surface area contributed by atoms with Crippen molar-refractivity contribution in [3.8, 4) is 0 Å². The maximum atomic E-state index is 9.29. The molecule has 1 N–H and O–H groups in total. The van der Waals surface area contributed by atoms with Crippen LogP contribution >= 0.6 is 0 Å². The van der Waals surface area contributed by atoms with Gasteiger partial charge in [0, 0.05) is 28.7 Å². The number of aromatic nitrogens is 1. The molecule has 0 aliphatic rings. The summed E-state index contributed by atoms with van der Waals surface area (Å²) in [6, 6.07) is 8.72. The summed E-state index contributed by atoms with van der Waals surface area (Å²) in [4.78, 5) is 0. The van der Waals surface area contributed by atoms with Crippen LogP contribution in [0, 0.1) is 0 Å². The van der Waals surface area contributed by atoms with Gasteiger partial charge in [-0.25, -0.2) is 0 Å². The lowest BCUT2D eigenvalue weighted by molar-refractivity contribution is 0.283. The minimum Gasteiger partial charge on any atom is -0.392 e. The highest BCUT2D eigenvalue weighted by Crippen LogP contribution is 2.25. The number of hydrogen-bond donors (Lipinski definition) is 1. The van der Waals surface area contributed by atoms with Crippen LogP contribution in [0.5, 0.6) is 0 Å². The fourth-order valence-electron chi connectivity index (χ4n) is 1.96. The molecule has 0 aliphatic carbocycles. The number of fused-ring (bicyclic) bond motifs is 1. The summed E-state index contributed by atoms with van der Waals surface area (Å²) in [5.41, 5.74) is 2.24. The number of hydrogen-bond acceptors (Lipinski definition) is 1. The van der Waals surface area contributed by atoms with E-state index in [9.17, 15) is 5.11 Å². The first-order chi connectivity index (χ1) is 7.27. The fourth-order valence-corrected chi connectivity index (χ4v) is 1.96. The van der Waals surface area contributed by atoms with Crippen molar-refractivity contribution < 1.29 is 5.11 Å². The molecule has 0 aliphatic heterocycles. The number of nitrogens with zero attached hydrogens (tertiary/aromatic N) is 1. The molecule has 15 heavy (non-hydrogen) atoms. The molecule has 1 heterocycles. The Labute approximate surface area is 90.2 Å². The molecule has 2 rings (SSSR count). The van der Waals surface area contributed by atoms with Crippen LogP contribution in [0.3, 0.4) is 0 Å². The summed E-state index contributed by atoms with van der Waals surface area (Å²) >= 11 is 0. The van der Waals surface area contributed by atoms with Gasteiger partial charge in [-0.1, -0.05) is 25.1 Å². The molecular weight excluding hydrogens is 186 g/mol. The SMILES string of the molecule is CC[C@H](C)n1cc(CO)c2ccccc21. The van der Waals surface area contributed by atoms with Crippen molar-refractivity contribution in [2.75, 3.05) is 0 Å². The third kappa shape index (κ3) is 1.65. The minimum absolute atomic E-state index is 0.115. The molecule has 2 nitrogen and oxygen atoms in total. The molecule has 0 bridgehead atoms. The standard InChI is InChI=1S/C13H17NO/c1-3-10(2)14-8-11(9-15)12-6-4-5-7-13(12)14/h4-8,10,15H,3,9H2,1-2H3/t10-/m0/s1. The van der Waals surface area contributed by atoms with Crippen LogP contribution in [0.15, 0.2) is 30.5 Å². The van der Waals surface area contributed by atoms with Gasteiger partial charge in [0.2, 0.25) is 0 Å². The minimum atomic E-state index is 0.115. The summed E-state index contributed by atoms with van der Waals surface area (Å²) in [5, 5.41) is 10.5. The van der Waals surface area contributed by atoms with Crippen molar-refractivity contribution in [3.05, 3.63) is 36.0 Å². The van der Waals surface area contributed by atoms with Crippen LogP contribution in [0.2, 0.25) is 0 Å². The third-order valence-corrected chi connectivity index (χ3v) is 3.06. The molecule has 0 saturated heterocycles. The van der Waals surface area contributed by atoms with Crippen molar-refractivity contribution in [3.63, 3.8) is 0 Å². The van der Waals surface area contributed by atoms with Gasteiger partial charge in [0.1, 0.15) is 0 Å². The molecule has 80 valence electrons. The van der Waals surface area contributed by atoms with Gasteiger partial charge in [0.25, 0.3) is 0 Å². The summed E-state index contributed by atoms with van der Waals surface area (Å²) in [7, 11) is 0. The summed E-state index contributed by atoms with van der Waals surface area (Å²) in [6.45, 7) is 4.50. The molecule has 2 heteroatoms. The number of para-hydroxylation sites is 1. The van der Waals surface area contributed by atoms with Gasteiger partial charge in [-0.2, -0.15) is 0 Å². The van der Waals surface area contributed by atoms with Gasteiger partial charge in [-0.3, -0.25) is 0 Å². The van der Waals surface area contributed by atoms with Crippen molar-refractivity contribution in [1.29, 1.82) is 0 Å². The van der Waals surface area contributed by atoms with E-state index in [0.717, 1.165) is 12.0 Å². The predicted octanol–water partition coefficient (Wildman–Crippen LogP) is 3.10. The molecule has 1 aromatic carbocycles. The Kier molecular flexibility index (Phi) is 2.78. The molecule has 0 radical (unpaired) electrons. The van der Waals surface area contributed by atoms with E-state index in [-0.39, 0.29) is 6.61 Å². The van der Waals surface area contributed by atoms with Crippen LogP contribution in [0.4, 0.5) is 0 Å². The Balaban J connectivity index is 2.65. The molecule has 0 amide bonds. The first-order valence-corrected chi connectivity index (χ1v) is 5.47. The van der Waals surface area contributed by atoms with Gasteiger partial charge in [-0.15, -0.1) is 0 Å². The molecule has 2 aromatic rings. The van der Waals surface area contributed by atoms with E-state index in [1.54, 1.807) is 0 Å². The third-order valence-electron chi connectivity index (χ3n) is 3.06. The topological polar surface area (TPSA) is 25.2 Å². The van der Waals surface area contributed by atoms with E-state index < -0.39 is 0 Å². The highest BCUT2D eigenvalue weighted by atomic mass is 16.3. The molecule has 0 saturated carbocycles. The second kappa shape index (κ2) is 4.07. The van der Waals surface area contributed by atoms with Gasteiger partial charge >= 0.3 is 0 Å². The highest BCUT2D eigenvalue weighted by molar-refractivity contribution is 5.83. The van der Waals surface area contributed by atoms with Crippen LogP contribution in [0.1, 0.15) is 31.9 Å². The molecule has 0 fully saturated rings. The maximum absolute atomic E-state index is 9.29. The van der Waals surface area contributed by atoms with E-state index >= 15 is 0 Å². The summed E-state index contributed by atoms with van der Waals surface area (Å²) < 4.78 is 2.25. The fraction of sp³-hybridized carbons (Fsp3) is 0.385. The van der Waals surface area contributed by atoms with Crippen molar-refractivity contribution in [2.24, 2.45) is 0 Å². The molecule has 1 atom stereocenters. The quantitative estimate of drug-likeness (QED) is 0.814. The zero-order chi connectivity index (χ0) is 10.8. The summed E-state index contributed by atoms with van der Waals surface area (Å²) in [6.07, 6.45) is 3.17. The summed E-state index contributed by atoms with van der Waals surface area (Å²) in [5.74, 6) is 0. The smallest absolute Gasteiger partial charge is 0.0702 e. The van der Waals surface area contributed by atoms with Crippen LogP contribution in [0.25, 0.3) is 10.9 Å². The van der Waals surface area contributed by atoms with Gasteiger partial charge < -0.3 is 9.67 Å². The largest absolute Gasteiger partial charge is 0.392 e. The lowest BCUT2D eigenvalue weighted by Crippen LogP contribution is -2.01. The van der Waals surface area contributed by atoms with E-state index in [1.165, 1.54) is 10.9 Å². The van der Waals surface area contributed by atoms with E-state index in [2.05, 4.69) is 36.7 Å². The number of rotatable bonds is 3. The Bertz CT molecular complexity index is 459. The van der Waals surface area contributed by atoms with Crippen LogP contribution in [-0.2, 0) is 6.61 Å². The predicted molar refractivity (Wildman–Crippen MR) is 62.9 cm³/mol. The first kappa shape index (κ1) is 10.2. The Hall–Kier alpha value is -1.28. The molecule has 0 unspecified atom stereocenters. The lowest BCUT2D eigenvalue weighted by atomic mass is 10.2. The van der Waals surface area contributed by atoms with Gasteiger partial charge in [-0.05, 0) is 19.4 Å². The van der Waals surface area contributed by atoms with Crippen molar-refractivity contribution in [2.45, 2.75) is 32.9 Å². The average Bonchev–Trinajstić information content (AvgIpc) is 2.67. The second-order valence-electron chi connectivity index (χ2n) is 3.99. The zero-order valence-electron chi connectivity index (χ0n) is 9.27. The monoisotopic (exact) mass is 203 g/mol. The molecule has 0 spiro atoms. The molecule has 1 aromatic heterocycles.